The number of nitrogens with two attached hydrogens (primary N) is 1. The Kier molecular flexibility index (Phi) is 2.45. The lowest BCUT2D eigenvalue weighted by atomic mass is 10.3. The minimum Gasteiger partial charge on any atom is -0.390 e. The molecule has 0 radical (unpaired) electrons. The van der Waals surface area contributed by atoms with E-state index >= 15 is 0 Å². The maximum absolute atomic E-state index is 5.89. The van der Waals surface area contributed by atoms with Gasteiger partial charge in [-0.15, -0.1) is 22.7 Å². The lowest BCUT2D eigenvalue weighted by molar-refractivity contribution is 0.433. The molecule has 0 aromatic carbocycles. The summed E-state index contributed by atoms with van der Waals surface area (Å²) in [6.45, 7) is 2.00. The zero-order valence-corrected chi connectivity index (χ0v) is 10.6. The van der Waals surface area contributed by atoms with Gasteiger partial charge in [0.05, 0.1) is 15.4 Å². The average molecular weight is 263 g/mol. The molecule has 3 aromatic heterocycles. The van der Waals surface area contributed by atoms with Crippen LogP contribution in [-0.2, 0) is 0 Å². The van der Waals surface area contributed by atoms with Gasteiger partial charge in [0.25, 0.3) is 5.89 Å². The number of hydrogen-bond donors (Lipinski definition) is 1. The van der Waals surface area contributed by atoms with Gasteiger partial charge in [-0.05, 0) is 24.4 Å². The van der Waals surface area contributed by atoms with Crippen molar-refractivity contribution in [3.05, 3.63) is 28.5 Å². The SMILES string of the molecule is Cc1cc(-c2nc(-c3cccs3)no2)c(N)s1. The predicted octanol–water partition coefficient (Wildman–Crippen LogP) is 3.42. The van der Waals surface area contributed by atoms with Crippen molar-refractivity contribution in [2.75, 3.05) is 5.73 Å². The van der Waals surface area contributed by atoms with Gasteiger partial charge in [-0.2, -0.15) is 4.98 Å². The molecule has 0 fully saturated rings. The molecule has 17 heavy (non-hydrogen) atoms. The van der Waals surface area contributed by atoms with Crippen LogP contribution in [0.5, 0.6) is 0 Å². The van der Waals surface area contributed by atoms with Gasteiger partial charge in [-0.25, -0.2) is 0 Å². The molecule has 2 N–H and O–H groups in total. The van der Waals surface area contributed by atoms with Gasteiger partial charge in [0, 0.05) is 4.88 Å². The lowest BCUT2D eigenvalue weighted by Crippen LogP contribution is -1.83. The van der Waals surface area contributed by atoms with Crippen LogP contribution in [0.2, 0.25) is 0 Å². The second kappa shape index (κ2) is 3.97. The van der Waals surface area contributed by atoms with Gasteiger partial charge in [0.2, 0.25) is 5.82 Å². The summed E-state index contributed by atoms with van der Waals surface area (Å²) in [6, 6.07) is 5.88. The molecule has 0 aliphatic carbocycles. The van der Waals surface area contributed by atoms with Gasteiger partial charge < -0.3 is 10.3 Å². The molecule has 0 spiro atoms. The quantitative estimate of drug-likeness (QED) is 0.769. The highest BCUT2D eigenvalue weighted by atomic mass is 32.1. The molecule has 86 valence electrons. The fourth-order valence-electron chi connectivity index (χ4n) is 1.54. The highest BCUT2D eigenvalue weighted by Crippen LogP contribution is 2.33. The third-order valence-corrected chi connectivity index (χ3v) is 4.03. The molecule has 0 bridgehead atoms. The summed E-state index contributed by atoms with van der Waals surface area (Å²) in [4.78, 5) is 6.48. The molecule has 4 nitrogen and oxygen atoms in total. The van der Waals surface area contributed by atoms with Crippen molar-refractivity contribution in [1.29, 1.82) is 0 Å². The molecule has 0 unspecified atom stereocenters. The first-order valence-electron chi connectivity index (χ1n) is 4.98. The predicted molar refractivity (Wildman–Crippen MR) is 70.1 cm³/mol. The fourth-order valence-corrected chi connectivity index (χ4v) is 2.97. The zero-order chi connectivity index (χ0) is 11.8. The number of nitrogens with zero attached hydrogens (tertiary/aromatic N) is 2. The monoisotopic (exact) mass is 263 g/mol. The number of anilines is 1. The normalized spacial score (nSPS) is 10.9. The van der Waals surface area contributed by atoms with E-state index in [4.69, 9.17) is 10.3 Å². The van der Waals surface area contributed by atoms with E-state index in [1.54, 1.807) is 11.3 Å². The van der Waals surface area contributed by atoms with Crippen LogP contribution in [0.3, 0.4) is 0 Å². The summed E-state index contributed by atoms with van der Waals surface area (Å²) >= 11 is 3.10. The third-order valence-electron chi connectivity index (χ3n) is 2.28. The Morgan fingerprint density at radius 3 is 2.94 bits per heavy atom. The second-order valence-corrected chi connectivity index (χ2v) is 5.77. The molecular weight excluding hydrogens is 254 g/mol. The summed E-state index contributed by atoms with van der Waals surface area (Å²) in [6.07, 6.45) is 0. The third kappa shape index (κ3) is 1.85. The molecule has 0 aliphatic heterocycles. The Hall–Kier alpha value is -1.66. The molecule has 0 atom stereocenters. The van der Waals surface area contributed by atoms with Crippen molar-refractivity contribution in [3.63, 3.8) is 0 Å². The topological polar surface area (TPSA) is 64.9 Å². The van der Waals surface area contributed by atoms with Crippen molar-refractivity contribution < 1.29 is 4.52 Å². The molecule has 0 saturated carbocycles. The van der Waals surface area contributed by atoms with E-state index in [1.807, 2.05) is 30.5 Å². The van der Waals surface area contributed by atoms with Crippen LogP contribution >= 0.6 is 22.7 Å². The van der Waals surface area contributed by atoms with Gasteiger partial charge >= 0.3 is 0 Å². The summed E-state index contributed by atoms with van der Waals surface area (Å²) in [5.41, 5.74) is 6.72. The first-order chi connectivity index (χ1) is 8.24. The van der Waals surface area contributed by atoms with Crippen LogP contribution in [0.1, 0.15) is 4.88 Å². The van der Waals surface area contributed by atoms with E-state index in [9.17, 15) is 0 Å². The maximum atomic E-state index is 5.89. The largest absolute Gasteiger partial charge is 0.390 e. The Morgan fingerprint density at radius 2 is 2.29 bits per heavy atom. The molecule has 3 aromatic rings. The van der Waals surface area contributed by atoms with Crippen LogP contribution in [0, 0.1) is 6.92 Å². The van der Waals surface area contributed by atoms with Crippen LogP contribution in [0.4, 0.5) is 5.00 Å². The van der Waals surface area contributed by atoms with Crippen LogP contribution in [0.15, 0.2) is 28.1 Å². The van der Waals surface area contributed by atoms with Crippen LogP contribution in [-0.4, -0.2) is 10.1 Å². The van der Waals surface area contributed by atoms with E-state index in [0.717, 1.165) is 15.3 Å². The van der Waals surface area contributed by atoms with E-state index in [0.29, 0.717) is 16.7 Å². The standard InChI is InChI=1S/C11H9N3OS2/c1-6-5-7(9(12)17-6)11-13-10(14-15-11)8-3-2-4-16-8/h2-5H,12H2,1H3. The van der Waals surface area contributed by atoms with Gasteiger partial charge in [-0.3, -0.25) is 0 Å². The molecule has 0 amide bonds. The smallest absolute Gasteiger partial charge is 0.261 e. The Labute approximate surface area is 106 Å². The molecule has 0 aliphatic rings. The summed E-state index contributed by atoms with van der Waals surface area (Å²) in [7, 11) is 0. The molecule has 6 heteroatoms. The van der Waals surface area contributed by atoms with Crippen molar-refractivity contribution in [1.82, 2.24) is 10.1 Å². The Balaban J connectivity index is 2.03. The average Bonchev–Trinajstić information content (AvgIpc) is 2.97. The fraction of sp³-hybridized carbons (Fsp3) is 0.0909. The number of aromatic nitrogens is 2. The summed E-state index contributed by atoms with van der Waals surface area (Å²) < 4.78 is 5.24. The number of nitrogen functional groups attached to an aromatic ring is 1. The number of hydrogen-bond acceptors (Lipinski definition) is 6. The van der Waals surface area contributed by atoms with Gasteiger partial charge in [0.1, 0.15) is 0 Å². The molecular formula is C11H9N3OS2. The highest BCUT2D eigenvalue weighted by molar-refractivity contribution is 7.16. The van der Waals surface area contributed by atoms with Crippen LogP contribution in [0.25, 0.3) is 22.2 Å². The molecule has 3 heterocycles. The number of aryl methyl sites for hydroxylation is 1. The van der Waals surface area contributed by atoms with Crippen molar-refractivity contribution in [3.8, 4) is 22.2 Å². The van der Waals surface area contributed by atoms with Gasteiger partial charge in [0.15, 0.2) is 0 Å². The van der Waals surface area contributed by atoms with Crippen LogP contribution < -0.4 is 5.73 Å². The minimum atomic E-state index is 0.482. The first-order valence-corrected chi connectivity index (χ1v) is 6.67. The van der Waals surface area contributed by atoms with E-state index in [2.05, 4.69) is 10.1 Å². The van der Waals surface area contributed by atoms with Crippen molar-refractivity contribution in [2.24, 2.45) is 0 Å². The van der Waals surface area contributed by atoms with E-state index in [1.165, 1.54) is 11.3 Å². The Morgan fingerprint density at radius 1 is 1.41 bits per heavy atom. The van der Waals surface area contributed by atoms with Crippen molar-refractivity contribution >= 4 is 27.7 Å². The minimum absolute atomic E-state index is 0.482. The number of thiophene rings is 2. The first kappa shape index (κ1) is 10.5. The molecule has 3 rings (SSSR count). The van der Waals surface area contributed by atoms with Gasteiger partial charge in [-0.1, -0.05) is 11.2 Å². The van der Waals surface area contributed by atoms with E-state index in [-0.39, 0.29) is 0 Å². The zero-order valence-electron chi connectivity index (χ0n) is 9.01. The summed E-state index contributed by atoms with van der Waals surface area (Å²) in [5, 5.41) is 6.65. The number of rotatable bonds is 2. The Bertz CT molecular complexity index is 640. The van der Waals surface area contributed by atoms with E-state index < -0.39 is 0 Å². The molecule has 0 saturated heterocycles. The lowest BCUT2D eigenvalue weighted by Gasteiger charge is -1.88. The second-order valence-electron chi connectivity index (χ2n) is 3.54. The summed E-state index contributed by atoms with van der Waals surface area (Å²) in [5.74, 6) is 1.09. The highest BCUT2D eigenvalue weighted by Gasteiger charge is 2.15. The maximum Gasteiger partial charge on any atom is 0.261 e. The van der Waals surface area contributed by atoms with Crippen molar-refractivity contribution in [2.45, 2.75) is 6.92 Å².